The first-order valence-electron chi connectivity index (χ1n) is 8.18. The van der Waals surface area contributed by atoms with Crippen LogP contribution in [0.5, 0.6) is 0 Å². The van der Waals surface area contributed by atoms with E-state index in [4.69, 9.17) is 25.1 Å². The van der Waals surface area contributed by atoms with Gasteiger partial charge in [-0.2, -0.15) is 0 Å². The van der Waals surface area contributed by atoms with Crippen molar-refractivity contribution in [1.29, 1.82) is 0 Å². The molecule has 2 aliphatic rings. The Kier molecular flexibility index (Phi) is 6.16. The minimum Gasteiger partial charge on any atom is -0.452 e. The molecule has 0 radical (unpaired) electrons. The number of carbonyl (C=O) groups is 2. The van der Waals surface area contributed by atoms with Crippen molar-refractivity contribution in [2.24, 2.45) is 5.73 Å². The highest BCUT2D eigenvalue weighted by Gasteiger charge is 2.62. The second-order valence-corrected chi connectivity index (χ2v) is 6.24. The molecule has 24 heavy (non-hydrogen) atoms. The molecular formula is C15H25NO8. The van der Waals surface area contributed by atoms with Crippen LogP contribution in [0.1, 0.15) is 39.0 Å². The first-order chi connectivity index (χ1) is 11.3. The largest absolute Gasteiger partial charge is 0.452 e. The third-order valence-electron chi connectivity index (χ3n) is 4.34. The number of nitrogens with two attached hydrogens (primary N) is 1. The van der Waals surface area contributed by atoms with E-state index in [2.05, 4.69) is 0 Å². The van der Waals surface area contributed by atoms with Crippen LogP contribution < -0.4 is 5.73 Å². The van der Waals surface area contributed by atoms with Gasteiger partial charge in [-0.25, -0.2) is 4.79 Å². The van der Waals surface area contributed by atoms with Gasteiger partial charge in [0.2, 0.25) is 0 Å². The Hall–Kier alpha value is -1.26. The van der Waals surface area contributed by atoms with Crippen LogP contribution in [0.3, 0.4) is 0 Å². The molecule has 2 fully saturated rings. The molecule has 9 nitrogen and oxygen atoms in total. The quantitative estimate of drug-likeness (QED) is 0.321. The Balaban J connectivity index is 2.14. The van der Waals surface area contributed by atoms with Crippen molar-refractivity contribution in [3.05, 3.63) is 0 Å². The molecule has 0 unspecified atom stereocenters. The molecule has 5 N–H and O–H groups in total. The smallest absolute Gasteiger partial charge is 0.380 e. The predicted octanol–water partition coefficient (Wildman–Crippen LogP) is -1.44. The Bertz CT molecular complexity index is 472. The molecule has 0 aromatic heterocycles. The van der Waals surface area contributed by atoms with Gasteiger partial charge in [0.1, 0.15) is 12.2 Å². The lowest BCUT2D eigenvalue weighted by atomic mass is 9.87. The molecule has 2 saturated heterocycles. The van der Waals surface area contributed by atoms with Gasteiger partial charge >= 0.3 is 17.7 Å². The van der Waals surface area contributed by atoms with Crippen LogP contribution in [0.25, 0.3) is 0 Å². The van der Waals surface area contributed by atoms with E-state index in [1.807, 2.05) is 6.92 Å². The summed E-state index contributed by atoms with van der Waals surface area (Å²) < 4.78 is 15.8. The number of aliphatic hydroxyl groups excluding tert-OH is 3. The lowest BCUT2D eigenvalue weighted by Crippen LogP contribution is -2.71. The molecule has 2 aliphatic heterocycles. The number of hydrogen-bond acceptors (Lipinski definition) is 9. The van der Waals surface area contributed by atoms with Crippen molar-refractivity contribution in [3.63, 3.8) is 0 Å². The Labute approximate surface area is 139 Å². The van der Waals surface area contributed by atoms with Crippen molar-refractivity contribution in [2.75, 3.05) is 6.61 Å². The second-order valence-electron chi connectivity index (χ2n) is 6.24. The van der Waals surface area contributed by atoms with Gasteiger partial charge in [-0.15, -0.1) is 0 Å². The van der Waals surface area contributed by atoms with Crippen LogP contribution in [0.4, 0.5) is 0 Å². The van der Waals surface area contributed by atoms with Crippen molar-refractivity contribution < 1.29 is 39.1 Å². The van der Waals surface area contributed by atoms with Crippen LogP contribution in [0, 0.1) is 0 Å². The van der Waals surface area contributed by atoms with Gasteiger partial charge in [0.25, 0.3) is 0 Å². The molecule has 0 spiro atoms. The summed E-state index contributed by atoms with van der Waals surface area (Å²) in [4.78, 5) is 24.3. The molecule has 0 saturated carbocycles. The van der Waals surface area contributed by atoms with Crippen LogP contribution >= 0.6 is 0 Å². The van der Waals surface area contributed by atoms with Gasteiger partial charge in [-0.3, -0.25) is 4.79 Å². The first kappa shape index (κ1) is 19.1. The molecule has 6 atom stereocenters. The topological polar surface area (TPSA) is 149 Å². The third-order valence-corrected chi connectivity index (χ3v) is 4.34. The van der Waals surface area contributed by atoms with E-state index < -0.39 is 54.8 Å². The fraction of sp³-hybridized carbons (Fsp3) is 0.867. The average molecular weight is 347 g/mol. The summed E-state index contributed by atoms with van der Waals surface area (Å²) >= 11 is 0. The molecule has 138 valence electrons. The average Bonchev–Trinajstić information content (AvgIpc) is 2.54. The highest BCUT2D eigenvalue weighted by atomic mass is 16.8. The molecule has 9 heteroatoms. The van der Waals surface area contributed by atoms with Gasteiger partial charge in [0, 0.05) is 6.42 Å². The summed E-state index contributed by atoms with van der Waals surface area (Å²) in [5.41, 5.74) is 5.85. The first-order valence-corrected chi connectivity index (χ1v) is 8.18. The van der Waals surface area contributed by atoms with E-state index in [0.717, 1.165) is 12.8 Å². The van der Waals surface area contributed by atoms with Gasteiger partial charge in [0.15, 0.2) is 6.10 Å². The maximum absolute atomic E-state index is 12.3. The van der Waals surface area contributed by atoms with E-state index >= 15 is 0 Å². The summed E-state index contributed by atoms with van der Waals surface area (Å²) in [6, 6.07) is -0.962. The molecule has 2 rings (SSSR count). The molecule has 0 aromatic rings. The Morgan fingerprint density at radius 2 is 2.21 bits per heavy atom. The second kappa shape index (κ2) is 7.75. The zero-order chi connectivity index (χ0) is 17.9. The number of unbranched alkanes of at least 4 members (excludes halogenated alkanes) is 2. The zero-order valence-electron chi connectivity index (χ0n) is 13.6. The van der Waals surface area contributed by atoms with Gasteiger partial charge in [-0.1, -0.05) is 19.8 Å². The van der Waals surface area contributed by atoms with E-state index in [1.54, 1.807) is 0 Å². The number of carbonyl (C=O) groups excluding carboxylic acids is 2. The molecule has 0 aliphatic carbocycles. The van der Waals surface area contributed by atoms with E-state index in [9.17, 15) is 19.8 Å². The highest BCUT2D eigenvalue weighted by Crippen LogP contribution is 2.38. The highest BCUT2D eigenvalue weighted by molar-refractivity contribution is 5.83. The molecule has 2 heterocycles. The predicted molar refractivity (Wildman–Crippen MR) is 79.4 cm³/mol. The number of aliphatic hydroxyl groups is 3. The third kappa shape index (κ3) is 3.70. The molecule has 0 aromatic carbocycles. The van der Waals surface area contributed by atoms with Crippen molar-refractivity contribution in [1.82, 2.24) is 0 Å². The van der Waals surface area contributed by atoms with Crippen LogP contribution in [-0.2, 0) is 23.8 Å². The normalized spacial score (nSPS) is 36.8. The summed E-state index contributed by atoms with van der Waals surface area (Å²) in [5.74, 6) is -3.72. The lowest BCUT2D eigenvalue weighted by Gasteiger charge is -2.50. The number of esters is 2. The number of cyclic esters (lactones) is 1. The van der Waals surface area contributed by atoms with Crippen molar-refractivity contribution >= 4 is 11.9 Å². The summed E-state index contributed by atoms with van der Waals surface area (Å²) in [7, 11) is 0. The molecule has 2 bridgehead atoms. The molecular weight excluding hydrogens is 322 g/mol. The molecule has 0 amide bonds. The van der Waals surface area contributed by atoms with E-state index in [-0.39, 0.29) is 12.8 Å². The van der Waals surface area contributed by atoms with Gasteiger partial charge < -0.3 is 35.3 Å². The minimum atomic E-state index is -2.06. The monoisotopic (exact) mass is 347 g/mol. The van der Waals surface area contributed by atoms with Crippen LogP contribution in [0.15, 0.2) is 0 Å². The van der Waals surface area contributed by atoms with Crippen molar-refractivity contribution in [2.45, 2.75) is 75.3 Å². The van der Waals surface area contributed by atoms with Gasteiger partial charge in [-0.05, 0) is 6.42 Å². The Morgan fingerprint density at radius 3 is 2.83 bits per heavy atom. The summed E-state index contributed by atoms with van der Waals surface area (Å²) in [5, 5.41) is 29.0. The Morgan fingerprint density at radius 1 is 1.50 bits per heavy atom. The number of rotatable bonds is 7. The summed E-state index contributed by atoms with van der Waals surface area (Å²) in [6.45, 7) is 1.31. The number of hydrogen-bond donors (Lipinski definition) is 4. The number of fused-ring (bicyclic) bond motifs is 2. The SMILES string of the molecule is CCCCCC(=O)O[C@@]12C[C@H](O)[C@@H](N)[C@H](O1)[C@@H]([C@H](O)CO)OC2=O. The standard InChI is InChI=1S/C15H25NO8/c1-2-3-4-5-10(20)23-15-6-8(18)11(16)13(24-15)12(9(19)7-17)22-14(15)21/h8-9,11-13,17-19H,2-7,16H2,1H3/t8-,9+,11+,12+,13-,15-/m0/s1. The van der Waals surface area contributed by atoms with Crippen LogP contribution in [-0.4, -0.2) is 70.1 Å². The maximum Gasteiger partial charge on any atom is 0.380 e. The number of ether oxygens (including phenoxy) is 3. The zero-order valence-corrected chi connectivity index (χ0v) is 13.6. The minimum absolute atomic E-state index is 0.113. The maximum atomic E-state index is 12.3. The van der Waals surface area contributed by atoms with Gasteiger partial charge in [0.05, 0.1) is 25.2 Å². The summed E-state index contributed by atoms with van der Waals surface area (Å²) in [6.07, 6.45) is -2.81. The van der Waals surface area contributed by atoms with Crippen molar-refractivity contribution in [3.8, 4) is 0 Å². The van der Waals surface area contributed by atoms with Crippen LogP contribution in [0.2, 0.25) is 0 Å². The van der Waals surface area contributed by atoms with E-state index in [1.165, 1.54) is 0 Å². The van der Waals surface area contributed by atoms with E-state index in [0.29, 0.717) is 6.42 Å². The fourth-order valence-electron chi connectivity index (χ4n) is 2.94. The fourth-order valence-corrected chi connectivity index (χ4v) is 2.94. The lowest BCUT2D eigenvalue weighted by molar-refractivity contribution is -0.332.